The Bertz CT molecular complexity index is 287. The van der Waals surface area contributed by atoms with Crippen molar-refractivity contribution in [3.8, 4) is 0 Å². The second-order valence-electron chi connectivity index (χ2n) is 3.37. The van der Waals surface area contributed by atoms with Crippen LogP contribution < -0.4 is 5.32 Å². The van der Waals surface area contributed by atoms with Gasteiger partial charge in [0.15, 0.2) is 0 Å². The monoisotopic (exact) mass is 215 g/mol. The van der Waals surface area contributed by atoms with Crippen molar-refractivity contribution in [1.82, 2.24) is 9.36 Å². The Morgan fingerprint density at radius 1 is 1.54 bits per heavy atom. The highest BCUT2D eigenvalue weighted by Gasteiger charge is 2.22. The molecule has 1 aromatic rings. The summed E-state index contributed by atoms with van der Waals surface area (Å²) in [6, 6.07) is 0.590. The number of aromatic nitrogens is 2. The molecule has 1 N–H and O–H groups in total. The van der Waals surface area contributed by atoms with Crippen LogP contribution in [0.3, 0.4) is 0 Å². The van der Waals surface area contributed by atoms with Gasteiger partial charge in [-0.25, -0.2) is 4.98 Å². The minimum absolute atomic E-state index is 0.590. The van der Waals surface area contributed by atoms with Gasteiger partial charge in [-0.1, -0.05) is 6.92 Å². The Kier molecular flexibility index (Phi) is 2.74. The summed E-state index contributed by atoms with van der Waals surface area (Å²) in [4.78, 5) is 4.29. The normalized spacial score (nSPS) is 27.8. The molecule has 5 heteroatoms. The first-order valence-corrected chi connectivity index (χ1v) is 6.24. The summed E-state index contributed by atoms with van der Waals surface area (Å²) in [5.41, 5.74) is 0. The lowest BCUT2D eigenvalue weighted by Crippen LogP contribution is -2.18. The maximum absolute atomic E-state index is 4.29. The molecule has 2 rings (SSSR count). The third-order valence-corrected chi connectivity index (χ3v) is 4.15. The molecule has 1 aromatic heterocycles. The van der Waals surface area contributed by atoms with Crippen LogP contribution in [0.5, 0.6) is 0 Å². The average molecular weight is 215 g/mol. The van der Waals surface area contributed by atoms with Crippen molar-refractivity contribution < 1.29 is 0 Å². The third-order valence-electron chi connectivity index (χ3n) is 2.05. The van der Waals surface area contributed by atoms with E-state index < -0.39 is 0 Å². The highest BCUT2D eigenvalue weighted by atomic mass is 32.2. The molecular formula is C8H13N3S2. The van der Waals surface area contributed by atoms with E-state index in [1.165, 1.54) is 23.7 Å². The SMILES string of the molecule is Cc1nsc(NC2CSC(C)C2)n1. The number of hydrogen-bond acceptors (Lipinski definition) is 5. The fourth-order valence-electron chi connectivity index (χ4n) is 1.45. The summed E-state index contributed by atoms with van der Waals surface area (Å²) >= 11 is 3.48. The van der Waals surface area contributed by atoms with Crippen LogP contribution in [-0.2, 0) is 0 Å². The minimum Gasteiger partial charge on any atom is -0.357 e. The topological polar surface area (TPSA) is 37.8 Å². The Morgan fingerprint density at radius 2 is 2.38 bits per heavy atom. The molecule has 0 aromatic carbocycles. The third kappa shape index (κ3) is 2.34. The predicted molar refractivity (Wildman–Crippen MR) is 58.6 cm³/mol. The van der Waals surface area contributed by atoms with Crippen molar-refractivity contribution in [2.24, 2.45) is 0 Å². The molecule has 1 saturated heterocycles. The summed E-state index contributed by atoms with van der Waals surface area (Å²) in [6.45, 7) is 4.20. The summed E-state index contributed by atoms with van der Waals surface area (Å²) in [5.74, 6) is 2.06. The minimum atomic E-state index is 0.590. The maximum Gasteiger partial charge on any atom is 0.202 e. The number of anilines is 1. The van der Waals surface area contributed by atoms with E-state index in [4.69, 9.17) is 0 Å². The lowest BCUT2D eigenvalue weighted by Gasteiger charge is -2.08. The van der Waals surface area contributed by atoms with Crippen molar-refractivity contribution in [1.29, 1.82) is 0 Å². The fourth-order valence-corrected chi connectivity index (χ4v) is 3.25. The van der Waals surface area contributed by atoms with Crippen LogP contribution in [0.15, 0.2) is 0 Å². The van der Waals surface area contributed by atoms with Crippen molar-refractivity contribution >= 4 is 28.4 Å². The molecule has 13 heavy (non-hydrogen) atoms. The molecule has 2 heterocycles. The van der Waals surface area contributed by atoms with Crippen molar-refractivity contribution in [2.45, 2.75) is 31.6 Å². The van der Waals surface area contributed by atoms with Gasteiger partial charge in [0.05, 0.1) is 0 Å². The Labute approximate surface area is 86.5 Å². The van der Waals surface area contributed by atoms with Crippen LogP contribution in [0.2, 0.25) is 0 Å². The van der Waals surface area contributed by atoms with Crippen molar-refractivity contribution in [2.75, 3.05) is 11.1 Å². The van der Waals surface area contributed by atoms with Crippen molar-refractivity contribution in [3.05, 3.63) is 5.82 Å². The van der Waals surface area contributed by atoms with E-state index in [1.54, 1.807) is 0 Å². The first-order valence-electron chi connectivity index (χ1n) is 4.42. The Balaban J connectivity index is 1.91. The molecule has 1 fully saturated rings. The van der Waals surface area contributed by atoms with E-state index in [-0.39, 0.29) is 0 Å². The van der Waals surface area contributed by atoms with Gasteiger partial charge in [-0.05, 0) is 13.3 Å². The predicted octanol–water partition coefficient (Wildman–Crippen LogP) is 2.15. The molecule has 1 aliphatic heterocycles. The van der Waals surface area contributed by atoms with E-state index in [2.05, 4.69) is 21.6 Å². The lowest BCUT2D eigenvalue weighted by molar-refractivity contribution is 0.746. The molecule has 72 valence electrons. The van der Waals surface area contributed by atoms with E-state index in [1.807, 2.05) is 18.7 Å². The molecule has 0 bridgehead atoms. The first kappa shape index (κ1) is 9.27. The highest BCUT2D eigenvalue weighted by Crippen LogP contribution is 2.28. The second kappa shape index (κ2) is 3.84. The van der Waals surface area contributed by atoms with Gasteiger partial charge in [0.2, 0.25) is 5.13 Å². The molecule has 2 atom stereocenters. The largest absolute Gasteiger partial charge is 0.357 e. The Morgan fingerprint density at radius 3 is 2.92 bits per heavy atom. The van der Waals surface area contributed by atoms with Crippen LogP contribution in [0.25, 0.3) is 0 Å². The molecule has 3 nitrogen and oxygen atoms in total. The van der Waals surface area contributed by atoms with Gasteiger partial charge in [-0.15, -0.1) is 0 Å². The van der Waals surface area contributed by atoms with Gasteiger partial charge in [0, 0.05) is 28.6 Å². The molecular weight excluding hydrogens is 202 g/mol. The second-order valence-corrected chi connectivity index (χ2v) is 5.59. The van der Waals surface area contributed by atoms with Crippen LogP contribution >= 0.6 is 23.3 Å². The van der Waals surface area contributed by atoms with Crippen LogP contribution in [0, 0.1) is 6.92 Å². The molecule has 2 unspecified atom stereocenters. The smallest absolute Gasteiger partial charge is 0.202 e. The summed E-state index contributed by atoms with van der Waals surface area (Å²) in [7, 11) is 0. The van der Waals surface area contributed by atoms with Gasteiger partial charge < -0.3 is 5.32 Å². The van der Waals surface area contributed by atoms with E-state index in [0.717, 1.165) is 16.2 Å². The van der Waals surface area contributed by atoms with E-state index in [9.17, 15) is 0 Å². The lowest BCUT2D eigenvalue weighted by atomic mass is 10.2. The number of nitrogens with zero attached hydrogens (tertiary/aromatic N) is 2. The van der Waals surface area contributed by atoms with Crippen LogP contribution in [-0.4, -0.2) is 26.4 Å². The Hall–Kier alpha value is -0.290. The molecule has 0 radical (unpaired) electrons. The number of hydrogen-bond donors (Lipinski definition) is 1. The molecule has 0 spiro atoms. The van der Waals surface area contributed by atoms with Gasteiger partial charge in [0.1, 0.15) is 5.82 Å². The zero-order chi connectivity index (χ0) is 9.26. The number of rotatable bonds is 2. The summed E-state index contributed by atoms with van der Waals surface area (Å²) in [6.07, 6.45) is 1.24. The first-order chi connectivity index (χ1) is 6.24. The van der Waals surface area contributed by atoms with E-state index in [0.29, 0.717) is 6.04 Å². The summed E-state index contributed by atoms with van der Waals surface area (Å²) < 4.78 is 4.14. The highest BCUT2D eigenvalue weighted by molar-refractivity contribution is 8.00. The van der Waals surface area contributed by atoms with Crippen LogP contribution in [0.4, 0.5) is 5.13 Å². The fraction of sp³-hybridized carbons (Fsp3) is 0.750. The van der Waals surface area contributed by atoms with E-state index >= 15 is 0 Å². The molecule has 0 aliphatic carbocycles. The van der Waals surface area contributed by atoms with Gasteiger partial charge >= 0.3 is 0 Å². The van der Waals surface area contributed by atoms with Gasteiger partial charge in [0.25, 0.3) is 0 Å². The quantitative estimate of drug-likeness (QED) is 0.820. The number of thioether (sulfide) groups is 1. The molecule has 0 saturated carbocycles. The van der Waals surface area contributed by atoms with Crippen LogP contribution in [0.1, 0.15) is 19.2 Å². The zero-order valence-corrected chi connectivity index (χ0v) is 9.41. The number of aryl methyl sites for hydroxylation is 1. The van der Waals surface area contributed by atoms with Gasteiger partial charge in [-0.3, -0.25) is 0 Å². The maximum atomic E-state index is 4.29. The van der Waals surface area contributed by atoms with Crippen molar-refractivity contribution in [3.63, 3.8) is 0 Å². The number of nitrogens with one attached hydrogen (secondary N) is 1. The summed E-state index contributed by atoms with van der Waals surface area (Å²) in [5, 5.41) is 5.17. The van der Waals surface area contributed by atoms with Gasteiger partial charge in [-0.2, -0.15) is 16.1 Å². The standard InChI is InChI=1S/C8H13N3S2/c1-5-3-7(4-12-5)10-8-9-6(2)11-13-8/h5,7H,3-4H2,1-2H3,(H,9,10,11). The zero-order valence-electron chi connectivity index (χ0n) is 7.78. The molecule has 1 aliphatic rings. The average Bonchev–Trinajstić information content (AvgIpc) is 2.62. The molecule has 0 amide bonds.